The Morgan fingerprint density at radius 1 is 1.29 bits per heavy atom. The molecule has 21 heavy (non-hydrogen) atoms. The van der Waals surface area contributed by atoms with Crippen molar-refractivity contribution in [3.8, 4) is 5.82 Å². The molecular formula is C15H18N4O2. The van der Waals surface area contributed by atoms with Crippen molar-refractivity contribution in [2.24, 2.45) is 0 Å². The summed E-state index contributed by atoms with van der Waals surface area (Å²) in [5.74, 6) is 0.659. The van der Waals surface area contributed by atoms with Crippen molar-refractivity contribution in [1.82, 2.24) is 19.7 Å². The normalized spacial score (nSPS) is 19.3. The molecule has 1 N–H and O–H groups in total. The molecule has 0 aromatic carbocycles. The summed E-state index contributed by atoms with van der Waals surface area (Å²) in [7, 11) is 0. The minimum atomic E-state index is -0.289. The number of carbonyl (C=O) groups excluding carboxylic acids is 1. The topological polar surface area (TPSA) is 71.2 Å². The van der Waals surface area contributed by atoms with Gasteiger partial charge in [-0.15, -0.1) is 0 Å². The Morgan fingerprint density at radius 2 is 2.19 bits per heavy atom. The van der Waals surface area contributed by atoms with Crippen LogP contribution in [0.15, 0.2) is 36.8 Å². The van der Waals surface area contributed by atoms with E-state index < -0.39 is 0 Å². The van der Waals surface area contributed by atoms with E-state index in [2.05, 4.69) is 10.1 Å². The van der Waals surface area contributed by atoms with Crippen molar-refractivity contribution in [2.75, 3.05) is 13.1 Å². The van der Waals surface area contributed by atoms with E-state index in [0.717, 1.165) is 12.8 Å². The number of amides is 1. The molecule has 3 heterocycles. The van der Waals surface area contributed by atoms with Crippen molar-refractivity contribution >= 4 is 5.91 Å². The highest BCUT2D eigenvalue weighted by molar-refractivity contribution is 5.94. The third-order valence-corrected chi connectivity index (χ3v) is 3.72. The smallest absolute Gasteiger partial charge is 0.255 e. The van der Waals surface area contributed by atoms with Gasteiger partial charge in [0, 0.05) is 31.7 Å². The summed E-state index contributed by atoms with van der Waals surface area (Å²) in [5.41, 5.74) is 0.572. The van der Waals surface area contributed by atoms with Crippen LogP contribution in [-0.2, 0) is 0 Å². The van der Waals surface area contributed by atoms with E-state index in [1.54, 1.807) is 40.3 Å². The zero-order chi connectivity index (χ0) is 14.7. The molecule has 0 spiro atoms. The lowest BCUT2D eigenvalue weighted by Gasteiger charge is -2.20. The molecule has 1 saturated heterocycles. The quantitative estimate of drug-likeness (QED) is 0.902. The standard InChI is InChI=1S/C15H18N4O2/c20-13-3-1-8-18(10-6-13)15(21)12-4-5-14(16-11-12)19-9-2-7-17-19/h2,4-5,7,9,11,13,20H,1,3,6,8,10H2/t13-/m1/s1. The van der Waals surface area contributed by atoms with Crippen LogP contribution in [0, 0.1) is 0 Å². The summed E-state index contributed by atoms with van der Waals surface area (Å²) in [4.78, 5) is 18.5. The third kappa shape index (κ3) is 3.11. The molecule has 1 aliphatic rings. The predicted molar refractivity (Wildman–Crippen MR) is 77.1 cm³/mol. The Kier molecular flexibility index (Phi) is 3.96. The van der Waals surface area contributed by atoms with E-state index in [1.165, 1.54) is 0 Å². The van der Waals surface area contributed by atoms with E-state index in [-0.39, 0.29) is 12.0 Å². The monoisotopic (exact) mass is 286 g/mol. The van der Waals surface area contributed by atoms with Crippen molar-refractivity contribution in [1.29, 1.82) is 0 Å². The fourth-order valence-corrected chi connectivity index (χ4v) is 2.52. The number of aliphatic hydroxyl groups excluding tert-OH is 1. The Morgan fingerprint density at radius 3 is 2.90 bits per heavy atom. The first-order valence-corrected chi connectivity index (χ1v) is 7.17. The number of nitrogens with zero attached hydrogens (tertiary/aromatic N) is 4. The molecule has 2 aromatic rings. The number of pyridine rings is 1. The summed E-state index contributed by atoms with van der Waals surface area (Å²) in [6.45, 7) is 1.29. The number of carbonyl (C=O) groups is 1. The molecular weight excluding hydrogens is 268 g/mol. The van der Waals surface area contributed by atoms with E-state index in [9.17, 15) is 9.90 Å². The molecule has 6 nitrogen and oxygen atoms in total. The van der Waals surface area contributed by atoms with Crippen molar-refractivity contribution < 1.29 is 9.90 Å². The second-order valence-corrected chi connectivity index (χ2v) is 5.23. The number of hydrogen-bond acceptors (Lipinski definition) is 4. The number of aliphatic hydroxyl groups is 1. The van der Waals surface area contributed by atoms with Gasteiger partial charge in [-0.2, -0.15) is 5.10 Å². The average molecular weight is 286 g/mol. The van der Waals surface area contributed by atoms with Gasteiger partial charge in [-0.1, -0.05) is 0 Å². The minimum Gasteiger partial charge on any atom is -0.393 e. The maximum atomic E-state index is 12.4. The Balaban J connectivity index is 1.73. The van der Waals surface area contributed by atoms with Gasteiger partial charge in [0.05, 0.1) is 11.7 Å². The van der Waals surface area contributed by atoms with Crippen molar-refractivity contribution in [3.63, 3.8) is 0 Å². The molecule has 0 bridgehead atoms. The van der Waals surface area contributed by atoms with Crippen LogP contribution in [-0.4, -0.2) is 49.9 Å². The fourth-order valence-electron chi connectivity index (χ4n) is 2.52. The Hall–Kier alpha value is -2.21. The third-order valence-electron chi connectivity index (χ3n) is 3.72. The molecule has 110 valence electrons. The van der Waals surface area contributed by atoms with Crippen molar-refractivity contribution in [2.45, 2.75) is 25.4 Å². The second-order valence-electron chi connectivity index (χ2n) is 5.23. The SMILES string of the molecule is O=C(c1ccc(-n2cccn2)nc1)N1CCC[C@@H](O)CC1. The highest BCUT2D eigenvalue weighted by atomic mass is 16.3. The summed E-state index contributed by atoms with van der Waals surface area (Å²) in [6.07, 6.45) is 7.03. The molecule has 0 aliphatic carbocycles. The lowest BCUT2D eigenvalue weighted by molar-refractivity contribution is 0.0752. The van der Waals surface area contributed by atoms with Crippen LogP contribution in [0.25, 0.3) is 5.82 Å². The van der Waals surface area contributed by atoms with E-state index >= 15 is 0 Å². The van der Waals surface area contributed by atoms with Gasteiger partial charge < -0.3 is 10.0 Å². The first-order chi connectivity index (χ1) is 10.2. The Bertz CT molecular complexity index is 595. The number of aromatic nitrogens is 3. The summed E-state index contributed by atoms with van der Waals surface area (Å²) >= 11 is 0. The summed E-state index contributed by atoms with van der Waals surface area (Å²) in [6, 6.07) is 5.38. The van der Waals surface area contributed by atoms with Crippen LogP contribution in [0.1, 0.15) is 29.6 Å². The fraction of sp³-hybridized carbons (Fsp3) is 0.400. The number of likely N-dealkylation sites (tertiary alicyclic amines) is 1. The summed E-state index contributed by atoms with van der Waals surface area (Å²) < 4.78 is 1.65. The number of rotatable bonds is 2. The largest absolute Gasteiger partial charge is 0.393 e. The molecule has 2 aromatic heterocycles. The van der Waals surface area contributed by atoms with Crippen LogP contribution < -0.4 is 0 Å². The average Bonchev–Trinajstić information content (AvgIpc) is 2.96. The predicted octanol–water partition coefficient (Wildman–Crippen LogP) is 1.25. The van der Waals surface area contributed by atoms with Gasteiger partial charge >= 0.3 is 0 Å². The van der Waals surface area contributed by atoms with Crippen molar-refractivity contribution in [3.05, 3.63) is 42.4 Å². The maximum absolute atomic E-state index is 12.4. The van der Waals surface area contributed by atoms with E-state index in [4.69, 9.17) is 0 Å². The first-order valence-electron chi connectivity index (χ1n) is 7.17. The van der Waals surface area contributed by atoms with E-state index in [1.807, 2.05) is 6.07 Å². The van der Waals surface area contributed by atoms with Crippen LogP contribution in [0.5, 0.6) is 0 Å². The zero-order valence-electron chi connectivity index (χ0n) is 11.7. The molecule has 6 heteroatoms. The number of hydrogen-bond donors (Lipinski definition) is 1. The van der Waals surface area contributed by atoms with Gasteiger partial charge in [0.2, 0.25) is 0 Å². The lowest BCUT2D eigenvalue weighted by Crippen LogP contribution is -2.32. The molecule has 3 rings (SSSR count). The van der Waals surface area contributed by atoms with Crippen LogP contribution in [0.3, 0.4) is 0 Å². The molecule has 0 radical (unpaired) electrons. The highest BCUT2D eigenvalue weighted by Crippen LogP contribution is 2.14. The molecule has 0 unspecified atom stereocenters. The van der Waals surface area contributed by atoms with Crippen LogP contribution in [0.4, 0.5) is 0 Å². The van der Waals surface area contributed by atoms with E-state index in [0.29, 0.717) is 30.9 Å². The molecule has 1 atom stereocenters. The summed E-state index contributed by atoms with van der Waals surface area (Å²) in [5, 5.41) is 13.7. The minimum absolute atomic E-state index is 0.0244. The molecule has 1 amide bonds. The first kappa shape index (κ1) is 13.8. The van der Waals surface area contributed by atoms with Gasteiger partial charge in [-0.05, 0) is 37.5 Å². The van der Waals surface area contributed by atoms with Gasteiger partial charge in [0.15, 0.2) is 5.82 Å². The van der Waals surface area contributed by atoms with Gasteiger partial charge in [-0.25, -0.2) is 9.67 Å². The van der Waals surface area contributed by atoms with Crippen LogP contribution in [0.2, 0.25) is 0 Å². The second kappa shape index (κ2) is 6.05. The zero-order valence-corrected chi connectivity index (χ0v) is 11.7. The Labute approximate surface area is 123 Å². The van der Waals surface area contributed by atoms with Crippen LogP contribution >= 0.6 is 0 Å². The van der Waals surface area contributed by atoms with Gasteiger partial charge in [0.25, 0.3) is 5.91 Å². The van der Waals surface area contributed by atoms with Gasteiger partial charge in [0.1, 0.15) is 0 Å². The lowest BCUT2D eigenvalue weighted by atomic mass is 10.2. The molecule has 1 aliphatic heterocycles. The molecule has 0 saturated carbocycles. The van der Waals surface area contributed by atoms with Gasteiger partial charge in [-0.3, -0.25) is 4.79 Å². The molecule has 1 fully saturated rings. The maximum Gasteiger partial charge on any atom is 0.255 e. The highest BCUT2D eigenvalue weighted by Gasteiger charge is 2.20.